The predicted molar refractivity (Wildman–Crippen MR) is 89.9 cm³/mol. The van der Waals surface area contributed by atoms with Crippen molar-refractivity contribution in [3.05, 3.63) is 51.5 Å². The molecule has 6 heteroatoms. The van der Waals surface area contributed by atoms with Gasteiger partial charge < -0.3 is 10.4 Å². The molecule has 5 nitrogen and oxygen atoms in total. The number of aliphatic carboxylic acids is 1. The number of rotatable bonds is 8. The lowest BCUT2D eigenvalue weighted by molar-refractivity contribution is -0.137. The van der Waals surface area contributed by atoms with E-state index in [1.165, 1.54) is 22.5 Å². The number of benzene rings is 1. The van der Waals surface area contributed by atoms with Crippen molar-refractivity contribution < 1.29 is 14.7 Å². The Hall–Kier alpha value is -2.21. The predicted octanol–water partition coefficient (Wildman–Crippen LogP) is 3.03. The van der Waals surface area contributed by atoms with Crippen molar-refractivity contribution in [1.82, 2.24) is 10.3 Å². The monoisotopic (exact) mass is 332 g/mol. The van der Waals surface area contributed by atoms with E-state index in [2.05, 4.69) is 34.6 Å². The van der Waals surface area contributed by atoms with E-state index >= 15 is 0 Å². The number of carbonyl (C=O) groups is 2. The van der Waals surface area contributed by atoms with Gasteiger partial charge in [0.15, 0.2) is 0 Å². The van der Waals surface area contributed by atoms with E-state index < -0.39 is 5.97 Å². The molecule has 0 unspecified atom stereocenters. The van der Waals surface area contributed by atoms with Crippen molar-refractivity contribution in [3.8, 4) is 0 Å². The number of aromatic nitrogens is 1. The van der Waals surface area contributed by atoms with Gasteiger partial charge in [-0.15, -0.1) is 11.3 Å². The summed E-state index contributed by atoms with van der Waals surface area (Å²) >= 11 is 1.47. The SMILES string of the molecule is Cc1ccc(Cc2nc(C(=O)NCCCCC(=O)O)cs2)cc1. The van der Waals surface area contributed by atoms with Crippen LogP contribution in [0.4, 0.5) is 0 Å². The van der Waals surface area contributed by atoms with Crippen LogP contribution in [-0.2, 0) is 11.2 Å². The molecule has 0 saturated carbocycles. The van der Waals surface area contributed by atoms with Crippen molar-refractivity contribution in [2.24, 2.45) is 0 Å². The van der Waals surface area contributed by atoms with E-state index in [0.717, 1.165) is 11.4 Å². The molecule has 0 fully saturated rings. The number of carboxylic acid groups (broad SMARTS) is 1. The number of nitrogens with one attached hydrogen (secondary N) is 1. The summed E-state index contributed by atoms with van der Waals surface area (Å²) in [5.41, 5.74) is 2.82. The van der Waals surface area contributed by atoms with Gasteiger partial charge in [-0.1, -0.05) is 29.8 Å². The molecule has 0 saturated heterocycles. The van der Waals surface area contributed by atoms with Gasteiger partial charge in [-0.05, 0) is 25.3 Å². The third kappa shape index (κ3) is 5.83. The number of carboxylic acids is 1. The molecule has 1 aromatic carbocycles. The summed E-state index contributed by atoms with van der Waals surface area (Å²) in [5.74, 6) is -1.01. The van der Waals surface area contributed by atoms with Gasteiger partial charge in [-0.2, -0.15) is 0 Å². The smallest absolute Gasteiger partial charge is 0.303 e. The lowest BCUT2D eigenvalue weighted by Gasteiger charge is -2.02. The Morgan fingerprint density at radius 3 is 2.65 bits per heavy atom. The minimum Gasteiger partial charge on any atom is -0.481 e. The number of aryl methyl sites for hydroxylation is 1. The molecule has 0 aliphatic rings. The number of unbranched alkanes of at least 4 members (excludes halogenated alkanes) is 1. The Morgan fingerprint density at radius 1 is 1.22 bits per heavy atom. The van der Waals surface area contributed by atoms with Gasteiger partial charge in [0, 0.05) is 24.8 Å². The first-order valence-electron chi connectivity index (χ1n) is 7.54. The molecule has 0 bridgehead atoms. The van der Waals surface area contributed by atoms with Gasteiger partial charge in [0.25, 0.3) is 5.91 Å². The topological polar surface area (TPSA) is 79.3 Å². The van der Waals surface area contributed by atoms with Crippen LogP contribution in [0.3, 0.4) is 0 Å². The Balaban J connectivity index is 1.80. The Labute approximate surface area is 139 Å². The lowest BCUT2D eigenvalue weighted by Crippen LogP contribution is -2.24. The number of hydrogen-bond acceptors (Lipinski definition) is 4. The summed E-state index contributed by atoms with van der Waals surface area (Å²) in [6.45, 7) is 2.52. The standard InChI is InChI=1S/C17H20N2O3S/c1-12-5-7-13(8-6-12)10-15-19-14(11-23-15)17(22)18-9-3-2-4-16(20)21/h5-8,11H,2-4,9-10H2,1H3,(H,18,22)(H,20,21). The molecular formula is C17H20N2O3S. The minimum atomic E-state index is -0.809. The van der Waals surface area contributed by atoms with E-state index in [4.69, 9.17) is 5.11 Å². The third-order valence-corrected chi connectivity index (χ3v) is 4.21. The molecule has 0 spiro atoms. The van der Waals surface area contributed by atoms with Crippen molar-refractivity contribution >= 4 is 23.2 Å². The Morgan fingerprint density at radius 2 is 1.96 bits per heavy atom. The summed E-state index contributed by atoms with van der Waals surface area (Å²) < 4.78 is 0. The average molecular weight is 332 g/mol. The summed E-state index contributed by atoms with van der Waals surface area (Å²) in [6, 6.07) is 8.26. The van der Waals surface area contributed by atoms with Crippen molar-refractivity contribution in [1.29, 1.82) is 0 Å². The highest BCUT2D eigenvalue weighted by Gasteiger charge is 2.10. The maximum Gasteiger partial charge on any atom is 0.303 e. The molecule has 1 aromatic heterocycles. The van der Waals surface area contributed by atoms with Gasteiger partial charge in [0.1, 0.15) is 5.69 Å². The zero-order valence-corrected chi connectivity index (χ0v) is 13.9. The Kier molecular flexibility index (Phi) is 6.29. The summed E-state index contributed by atoms with van der Waals surface area (Å²) in [4.78, 5) is 26.7. The van der Waals surface area contributed by atoms with Crippen LogP contribution in [0.15, 0.2) is 29.6 Å². The molecule has 2 aromatic rings. The first-order valence-corrected chi connectivity index (χ1v) is 8.42. The van der Waals surface area contributed by atoms with E-state index in [1.807, 2.05) is 6.92 Å². The van der Waals surface area contributed by atoms with Crippen LogP contribution in [0, 0.1) is 6.92 Å². The van der Waals surface area contributed by atoms with Gasteiger partial charge in [-0.3, -0.25) is 9.59 Å². The normalized spacial score (nSPS) is 10.5. The largest absolute Gasteiger partial charge is 0.481 e. The molecule has 1 amide bonds. The van der Waals surface area contributed by atoms with Crippen LogP contribution in [0.5, 0.6) is 0 Å². The fourth-order valence-electron chi connectivity index (χ4n) is 2.07. The van der Waals surface area contributed by atoms with Gasteiger partial charge >= 0.3 is 5.97 Å². The molecule has 0 aliphatic carbocycles. The Bertz CT molecular complexity index is 665. The molecule has 122 valence electrons. The van der Waals surface area contributed by atoms with Gasteiger partial charge in [0.05, 0.1) is 5.01 Å². The molecule has 2 rings (SSSR count). The van der Waals surface area contributed by atoms with Crippen LogP contribution in [0.25, 0.3) is 0 Å². The molecule has 0 atom stereocenters. The van der Waals surface area contributed by atoms with Crippen LogP contribution in [-0.4, -0.2) is 28.5 Å². The highest BCUT2D eigenvalue weighted by Crippen LogP contribution is 2.15. The van der Waals surface area contributed by atoms with Crippen LogP contribution < -0.4 is 5.32 Å². The first-order chi connectivity index (χ1) is 11.0. The molecular weight excluding hydrogens is 312 g/mol. The molecule has 1 heterocycles. The van der Waals surface area contributed by atoms with Crippen molar-refractivity contribution in [3.63, 3.8) is 0 Å². The second-order valence-corrected chi connectivity index (χ2v) is 6.34. The zero-order valence-electron chi connectivity index (χ0n) is 13.0. The maximum absolute atomic E-state index is 12.0. The highest BCUT2D eigenvalue weighted by molar-refractivity contribution is 7.09. The first kappa shape index (κ1) is 17.1. The van der Waals surface area contributed by atoms with E-state index in [1.54, 1.807) is 5.38 Å². The average Bonchev–Trinajstić information content (AvgIpc) is 2.97. The van der Waals surface area contributed by atoms with Crippen LogP contribution in [0.2, 0.25) is 0 Å². The van der Waals surface area contributed by atoms with Crippen LogP contribution in [0.1, 0.15) is 45.9 Å². The highest BCUT2D eigenvalue weighted by atomic mass is 32.1. The second-order valence-electron chi connectivity index (χ2n) is 5.40. The lowest BCUT2D eigenvalue weighted by atomic mass is 10.1. The fourth-order valence-corrected chi connectivity index (χ4v) is 2.88. The fraction of sp³-hybridized carbons (Fsp3) is 0.353. The number of amides is 1. The van der Waals surface area contributed by atoms with Crippen molar-refractivity contribution in [2.45, 2.75) is 32.6 Å². The summed E-state index contributed by atoms with van der Waals surface area (Å²) in [7, 11) is 0. The zero-order chi connectivity index (χ0) is 16.7. The van der Waals surface area contributed by atoms with Gasteiger partial charge in [0.2, 0.25) is 0 Å². The number of nitrogens with zero attached hydrogens (tertiary/aromatic N) is 1. The molecule has 23 heavy (non-hydrogen) atoms. The number of carbonyl (C=O) groups excluding carboxylic acids is 1. The number of thiazole rings is 1. The second kappa shape index (κ2) is 8.43. The third-order valence-electron chi connectivity index (χ3n) is 3.36. The number of hydrogen-bond donors (Lipinski definition) is 2. The molecule has 2 N–H and O–H groups in total. The van der Waals surface area contributed by atoms with E-state index in [-0.39, 0.29) is 12.3 Å². The van der Waals surface area contributed by atoms with Gasteiger partial charge in [-0.25, -0.2) is 4.98 Å². The summed E-state index contributed by atoms with van der Waals surface area (Å²) in [6.07, 6.45) is 2.06. The maximum atomic E-state index is 12.0. The van der Waals surface area contributed by atoms with E-state index in [9.17, 15) is 9.59 Å². The summed E-state index contributed by atoms with van der Waals surface area (Å²) in [5, 5.41) is 14.0. The van der Waals surface area contributed by atoms with Crippen LogP contribution >= 0.6 is 11.3 Å². The molecule has 0 aliphatic heterocycles. The van der Waals surface area contributed by atoms with E-state index in [0.29, 0.717) is 25.1 Å². The molecule has 0 radical (unpaired) electrons. The minimum absolute atomic E-state index is 0.132. The van der Waals surface area contributed by atoms with Crippen molar-refractivity contribution in [2.75, 3.05) is 6.54 Å². The quantitative estimate of drug-likeness (QED) is 0.728.